The molecule has 5 nitrogen and oxygen atoms in total. The van der Waals surface area contributed by atoms with Crippen LogP contribution in [0.1, 0.15) is 12.5 Å². The van der Waals surface area contributed by atoms with Gasteiger partial charge in [0.15, 0.2) is 5.54 Å². The van der Waals surface area contributed by atoms with Crippen molar-refractivity contribution in [3.05, 3.63) is 29.8 Å². The highest BCUT2D eigenvalue weighted by molar-refractivity contribution is 6.10. The van der Waals surface area contributed by atoms with Crippen LogP contribution in [-0.4, -0.2) is 30.1 Å². The first-order valence-electron chi connectivity index (χ1n) is 5.55. The van der Waals surface area contributed by atoms with Crippen molar-refractivity contribution in [3.63, 3.8) is 0 Å². The van der Waals surface area contributed by atoms with Gasteiger partial charge < -0.3 is 10.1 Å². The summed E-state index contributed by atoms with van der Waals surface area (Å²) in [6.07, 6.45) is -0.431. The highest BCUT2D eigenvalue weighted by Gasteiger charge is 2.66. The number of hydrogen-bond donors (Lipinski definition) is 1. The van der Waals surface area contributed by atoms with Crippen LogP contribution in [0.2, 0.25) is 0 Å². The minimum atomic E-state index is -0.817. The maximum Gasteiger partial charge on any atom is 0.411 e. The molecule has 1 unspecified atom stereocenters. The third-order valence-corrected chi connectivity index (χ3v) is 3.23. The number of benzene rings is 1. The molecule has 2 aliphatic rings. The molecule has 2 aliphatic heterocycles. The fourth-order valence-corrected chi connectivity index (χ4v) is 2.34. The summed E-state index contributed by atoms with van der Waals surface area (Å²) in [7, 11) is 0. The highest BCUT2D eigenvalue weighted by Crippen LogP contribution is 2.50. The Hall–Kier alpha value is -2.04. The van der Waals surface area contributed by atoms with E-state index in [4.69, 9.17) is 4.74 Å². The van der Waals surface area contributed by atoms with Crippen LogP contribution in [0, 0.1) is 0 Å². The number of ether oxygens (including phenoxy) is 1. The Balaban J connectivity index is 1.96. The Morgan fingerprint density at radius 2 is 2.29 bits per heavy atom. The lowest BCUT2D eigenvalue weighted by molar-refractivity contribution is -0.119. The summed E-state index contributed by atoms with van der Waals surface area (Å²) in [5.74, 6) is -0.147. The van der Waals surface area contributed by atoms with Gasteiger partial charge >= 0.3 is 6.09 Å². The molecule has 88 valence electrons. The van der Waals surface area contributed by atoms with Crippen LogP contribution in [0.3, 0.4) is 0 Å². The lowest BCUT2D eigenvalue weighted by Crippen LogP contribution is -2.29. The molecule has 2 heterocycles. The average molecular weight is 232 g/mol. The molecular weight excluding hydrogens is 220 g/mol. The third kappa shape index (κ3) is 1.19. The third-order valence-electron chi connectivity index (χ3n) is 3.23. The number of anilines is 1. The molecule has 17 heavy (non-hydrogen) atoms. The zero-order chi connectivity index (χ0) is 12.0. The van der Waals surface area contributed by atoms with E-state index in [1.165, 1.54) is 4.90 Å². The lowest BCUT2D eigenvalue weighted by Gasteiger charge is -2.09. The molecule has 0 saturated carbocycles. The highest BCUT2D eigenvalue weighted by atomic mass is 16.6. The molecule has 0 radical (unpaired) electrons. The second-order valence-electron chi connectivity index (χ2n) is 4.15. The van der Waals surface area contributed by atoms with Gasteiger partial charge in [-0.1, -0.05) is 18.2 Å². The first-order valence-corrected chi connectivity index (χ1v) is 5.55. The zero-order valence-electron chi connectivity index (χ0n) is 9.40. The SMILES string of the molecule is CCOC(=O)N1CC12C(=O)Nc1ccccc12. The number of nitrogens with one attached hydrogen (secondary N) is 1. The smallest absolute Gasteiger partial charge is 0.411 e. The summed E-state index contributed by atoms with van der Waals surface area (Å²) >= 11 is 0. The second kappa shape index (κ2) is 3.23. The van der Waals surface area contributed by atoms with E-state index in [0.29, 0.717) is 13.2 Å². The van der Waals surface area contributed by atoms with E-state index in [1.54, 1.807) is 6.92 Å². The Morgan fingerprint density at radius 1 is 1.53 bits per heavy atom. The van der Waals surface area contributed by atoms with Gasteiger partial charge in [0, 0.05) is 11.3 Å². The van der Waals surface area contributed by atoms with Crippen LogP contribution < -0.4 is 5.32 Å². The number of carbonyl (C=O) groups is 2. The molecule has 1 spiro atoms. The van der Waals surface area contributed by atoms with Gasteiger partial charge in [0.25, 0.3) is 5.91 Å². The number of rotatable bonds is 1. The van der Waals surface area contributed by atoms with Gasteiger partial charge in [-0.3, -0.25) is 9.69 Å². The Kier molecular flexibility index (Phi) is 1.92. The summed E-state index contributed by atoms with van der Waals surface area (Å²) in [5, 5.41) is 2.79. The molecule has 1 aromatic carbocycles. The van der Waals surface area contributed by atoms with Crippen LogP contribution in [0.15, 0.2) is 24.3 Å². The van der Waals surface area contributed by atoms with Crippen molar-refractivity contribution < 1.29 is 14.3 Å². The zero-order valence-corrected chi connectivity index (χ0v) is 9.40. The number of hydrogen-bond acceptors (Lipinski definition) is 3. The number of nitrogens with zero attached hydrogens (tertiary/aromatic N) is 1. The molecule has 1 aromatic rings. The molecule has 2 amide bonds. The molecule has 3 rings (SSSR count). The van der Waals surface area contributed by atoms with Crippen molar-refractivity contribution in [2.45, 2.75) is 12.5 Å². The number of fused-ring (bicyclic) bond motifs is 2. The average Bonchev–Trinajstić information content (AvgIpc) is 3.00. The van der Waals surface area contributed by atoms with Gasteiger partial charge in [0.2, 0.25) is 0 Å². The number of amides is 2. The van der Waals surface area contributed by atoms with E-state index in [1.807, 2.05) is 24.3 Å². The summed E-state index contributed by atoms with van der Waals surface area (Å²) < 4.78 is 4.92. The molecule has 1 N–H and O–H groups in total. The molecule has 0 bridgehead atoms. The molecule has 1 fully saturated rings. The second-order valence-corrected chi connectivity index (χ2v) is 4.15. The maximum absolute atomic E-state index is 12.0. The maximum atomic E-state index is 12.0. The van der Waals surface area contributed by atoms with Crippen LogP contribution in [0.5, 0.6) is 0 Å². The Labute approximate surface area is 98.4 Å². The topological polar surface area (TPSA) is 58.4 Å². The van der Waals surface area contributed by atoms with Crippen molar-refractivity contribution in [2.75, 3.05) is 18.5 Å². The van der Waals surface area contributed by atoms with Crippen LogP contribution in [0.4, 0.5) is 10.5 Å². The minimum Gasteiger partial charge on any atom is -0.450 e. The molecule has 1 atom stereocenters. The van der Waals surface area contributed by atoms with E-state index in [0.717, 1.165) is 11.3 Å². The summed E-state index contributed by atoms with van der Waals surface area (Å²) in [6, 6.07) is 7.42. The normalized spacial score (nSPS) is 24.5. The molecule has 0 aromatic heterocycles. The van der Waals surface area contributed by atoms with Crippen molar-refractivity contribution in [2.24, 2.45) is 0 Å². The van der Waals surface area contributed by atoms with E-state index >= 15 is 0 Å². The van der Waals surface area contributed by atoms with Crippen molar-refractivity contribution in [1.82, 2.24) is 4.90 Å². The fourth-order valence-electron chi connectivity index (χ4n) is 2.34. The summed E-state index contributed by atoms with van der Waals surface area (Å²) in [5.41, 5.74) is 0.824. The van der Waals surface area contributed by atoms with Gasteiger partial charge in [-0.2, -0.15) is 0 Å². The molecular formula is C12H12N2O3. The quantitative estimate of drug-likeness (QED) is 0.742. The molecule has 0 aliphatic carbocycles. The van der Waals surface area contributed by atoms with Crippen LogP contribution >= 0.6 is 0 Å². The van der Waals surface area contributed by atoms with Crippen molar-refractivity contribution in [3.8, 4) is 0 Å². The van der Waals surface area contributed by atoms with Gasteiger partial charge in [0.1, 0.15) is 0 Å². The summed E-state index contributed by atoms with van der Waals surface area (Å²) in [4.78, 5) is 25.1. The van der Waals surface area contributed by atoms with E-state index < -0.39 is 11.6 Å². The number of carbonyl (C=O) groups excluding carboxylic acids is 2. The predicted octanol–water partition coefficient (Wildman–Crippen LogP) is 1.31. The Bertz CT molecular complexity index is 514. The van der Waals surface area contributed by atoms with E-state index in [-0.39, 0.29) is 5.91 Å². The van der Waals surface area contributed by atoms with Crippen molar-refractivity contribution >= 4 is 17.7 Å². The van der Waals surface area contributed by atoms with E-state index in [9.17, 15) is 9.59 Å². The first-order chi connectivity index (χ1) is 8.20. The van der Waals surface area contributed by atoms with Crippen LogP contribution in [-0.2, 0) is 15.1 Å². The minimum absolute atomic E-state index is 0.147. The first kappa shape index (κ1) is 10.1. The monoisotopic (exact) mass is 232 g/mol. The molecule has 1 saturated heterocycles. The predicted molar refractivity (Wildman–Crippen MR) is 60.5 cm³/mol. The van der Waals surface area contributed by atoms with Crippen molar-refractivity contribution in [1.29, 1.82) is 0 Å². The van der Waals surface area contributed by atoms with E-state index in [2.05, 4.69) is 5.32 Å². The van der Waals surface area contributed by atoms with Gasteiger partial charge in [-0.05, 0) is 13.0 Å². The number of para-hydroxylation sites is 1. The Morgan fingerprint density at radius 3 is 3.06 bits per heavy atom. The molecule has 5 heteroatoms. The lowest BCUT2D eigenvalue weighted by atomic mass is 10.0. The largest absolute Gasteiger partial charge is 0.450 e. The van der Waals surface area contributed by atoms with Gasteiger partial charge in [-0.15, -0.1) is 0 Å². The van der Waals surface area contributed by atoms with Gasteiger partial charge in [0.05, 0.1) is 13.2 Å². The fraction of sp³-hybridized carbons (Fsp3) is 0.333. The van der Waals surface area contributed by atoms with Gasteiger partial charge in [-0.25, -0.2) is 4.79 Å². The van der Waals surface area contributed by atoms with Crippen LogP contribution in [0.25, 0.3) is 0 Å². The standard InChI is InChI=1S/C12H12N2O3/c1-2-17-11(16)14-7-12(14)8-5-3-4-6-9(8)13-10(12)15/h3-6H,2,7H2,1H3,(H,13,15). The summed E-state index contributed by atoms with van der Waals surface area (Å²) in [6.45, 7) is 2.46.